The Labute approximate surface area is 169 Å². The van der Waals surface area contributed by atoms with Crippen LogP contribution in [0.25, 0.3) is 11.1 Å². The van der Waals surface area contributed by atoms with Crippen LogP contribution in [-0.4, -0.2) is 27.6 Å². The molecule has 2 aromatic carbocycles. The zero-order chi connectivity index (χ0) is 21.0. The zero-order valence-electron chi connectivity index (χ0n) is 16.3. The van der Waals surface area contributed by atoms with Crippen LogP contribution in [0.15, 0.2) is 60.8 Å². The van der Waals surface area contributed by atoms with Crippen LogP contribution < -0.4 is 0 Å². The maximum atomic E-state index is 12.7. The standard InChI is InChI=1S/C24H21NO4/c1-15-12-19(10-11-25-15)22(27)14-20-4-3-5-21(23(20)24(28)29)18-8-6-17(7-9-18)13-16(2)26/h3-12H,13-14H2,1-2H3,(H,28,29). The summed E-state index contributed by atoms with van der Waals surface area (Å²) in [6.07, 6.45) is 1.90. The summed E-state index contributed by atoms with van der Waals surface area (Å²) in [5.41, 5.74) is 3.96. The first-order chi connectivity index (χ1) is 13.8. The first-order valence-corrected chi connectivity index (χ1v) is 9.25. The van der Waals surface area contributed by atoms with E-state index < -0.39 is 5.97 Å². The number of aromatic carboxylic acids is 1. The predicted molar refractivity (Wildman–Crippen MR) is 110 cm³/mol. The average Bonchev–Trinajstić information content (AvgIpc) is 2.67. The lowest BCUT2D eigenvalue weighted by Gasteiger charge is -2.12. The lowest BCUT2D eigenvalue weighted by molar-refractivity contribution is -0.116. The van der Waals surface area contributed by atoms with E-state index >= 15 is 0 Å². The number of carbonyl (C=O) groups excluding carboxylic acids is 2. The van der Waals surface area contributed by atoms with Gasteiger partial charge in [-0.1, -0.05) is 42.5 Å². The Bertz CT molecular complexity index is 1080. The molecule has 29 heavy (non-hydrogen) atoms. The molecule has 0 saturated heterocycles. The minimum absolute atomic E-state index is 0.0126. The number of ketones is 2. The molecule has 0 aliphatic rings. The van der Waals surface area contributed by atoms with E-state index in [0.29, 0.717) is 23.1 Å². The van der Waals surface area contributed by atoms with E-state index in [1.54, 1.807) is 55.6 Å². The van der Waals surface area contributed by atoms with Crippen LogP contribution in [0.4, 0.5) is 0 Å². The summed E-state index contributed by atoms with van der Waals surface area (Å²) in [6.45, 7) is 3.33. The number of carboxylic acids is 1. The molecular formula is C24H21NO4. The summed E-state index contributed by atoms with van der Waals surface area (Å²) in [4.78, 5) is 40.1. The fourth-order valence-electron chi connectivity index (χ4n) is 3.32. The Morgan fingerprint density at radius 1 is 0.966 bits per heavy atom. The summed E-state index contributed by atoms with van der Waals surface area (Å²) in [5, 5.41) is 9.84. The second-order valence-corrected chi connectivity index (χ2v) is 7.01. The van der Waals surface area contributed by atoms with Crippen LogP contribution in [0.2, 0.25) is 0 Å². The average molecular weight is 387 g/mol. The van der Waals surface area contributed by atoms with Gasteiger partial charge in [-0.15, -0.1) is 0 Å². The van der Waals surface area contributed by atoms with Crippen molar-refractivity contribution in [1.82, 2.24) is 4.98 Å². The lowest BCUT2D eigenvalue weighted by atomic mass is 9.91. The Kier molecular flexibility index (Phi) is 5.98. The lowest BCUT2D eigenvalue weighted by Crippen LogP contribution is -2.11. The minimum Gasteiger partial charge on any atom is -0.478 e. The monoisotopic (exact) mass is 387 g/mol. The SMILES string of the molecule is CC(=O)Cc1ccc(-c2cccc(CC(=O)c3ccnc(C)c3)c2C(=O)O)cc1. The fraction of sp³-hybridized carbons (Fsp3) is 0.167. The summed E-state index contributed by atoms with van der Waals surface area (Å²) in [6, 6.07) is 15.7. The molecule has 3 rings (SSSR count). The van der Waals surface area contributed by atoms with E-state index in [4.69, 9.17) is 0 Å². The van der Waals surface area contributed by atoms with Crippen molar-refractivity contribution < 1.29 is 19.5 Å². The number of carbonyl (C=O) groups is 3. The van der Waals surface area contributed by atoms with E-state index in [2.05, 4.69) is 4.98 Å². The Morgan fingerprint density at radius 2 is 1.69 bits per heavy atom. The number of aromatic nitrogens is 1. The van der Waals surface area contributed by atoms with Crippen molar-refractivity contribution in [3.8, 4) is 11.1 Å². The second-order valence-electron chi connectivity index (χ2n) is 7.01. The largest absolute Gasteiger partial charge is 0.478 e. The van der Waals surface area contributed by atoms with Gasteiger partial charge in [0.1, 0.15) is 5.78 Å². The molecule has 0 bridgehead atoms. The number of hydrogen-bond donors (Lipinski definition) is 1. The van der Waals surface area contributed by atoms with Gasteiger partial charge in [0.15, 0.2) is 5.78 Å². The summed E-state index contributed by atoms with van der Waals surface area (Å²) in [7, 11) is 0. The fourth-order valence-corrected chi connectivity index (χ4v) is 3.32. The number of benzene rings is 2. The van der Waals surface area contributed by atoms with E-state index in [1.807, 2.05) is 12.1 Å². The third-order valence-electron chi connectivity index (χ3n) is 4.65. The highest BCUT2D eigenvalue weighted by Crippen LogP contribution is 2.28. The molecule has 1 aromatic heterocycles. The molecule has 0 unspecified atom stereocenters. The number of Topliss-reactive ketones (excluding diaryl/α,β-unsaturated/α-hetero) is 2. The molecule has 3 aromatic rings. The van der Waals surface area contributed by atoms with Gasteiger partial charge in [-0.2, -0.15) is 0 Å². The van der Waals surface area contributed by atoms with E-state index in [1.165, 1.54) is 6.92 Å². The highest BCUT2D eigenvalue weighted by atomic mass is 16.4. The van der Waals surface area contributed by atoms with Crippen molar-refractivity contribution >= 4 is 17.5 Å². The maximum Gasteiger partial charge on any atom is 0.336 e. The van der Waals surface area contributed by atoms with Crippen LogP contribution in [0, 0.1) is 6.92 Å². The third-order valence-corrected chi connectivity index (χ3v) is 4.65. The summed E-state index contributed by atoms with van der Waals surface area (Å²) in [5.74, 6) is -1.18. The zero-order valence-corrected chi connectivity index (χ0v) is 16.3. The number of aryl methyl sites for hydroxylation is 1. The van der Waals surface area contributed by atoms with Crippen LogP contribution >= 0.6 is 0 Å². The third kappa shape index (κ3) is 4.82. The first-order valence-electron chi connectivity index (χ1n) is 9.25. The highest BCUT2D eigenvalue weighted by molar-refractivity contribution is 6.02. The van der Waals surface area contributed by atoms with Gasteiger partial charge in [-0.3, -0.25) is 14.6 Å². The molecule has 0 amide bonds. The Balaban J connectivity index is 1.97. The van der Waals surface area contributed by atoms with E-state index in [-0.39, 0.29) is 23.6 Å². The van der Waals surface area contributed by atoms with Crippen molar-refractivity contribution in [2.24, 2.45) is 0 Å². The molecule has 146 valence electrons. The molecule has 0 aliphatic carbocycles. The van der Waals surface area contributed by atoms with Crippen molar-refractivity contribution in [2.75, 3.05) is 0 Å². The Morgan fingerprint density at radius 3 is 2.31 bits per heavy atom. The van der Waals surface area contributed by atoms with Crippen molar-refractivity contribution in [3.05, 3.63) is 88.7 Å². The molecule has 1 heterocycles. The van der Waals surface area contributed by atoms with Crippen LogP contribution in [0.1, 0.15) is 44.5 Å². The molecule has 0 saturated carbocycles. The quantitative estimate of drug-likeness (QED) is 0.611. The van der Waals surface area contributed by atoms with Crippen LogP contribution in [0.5, 0.6) is 0 Å². The number of hydrogen-bond acceptors (Lipinski definition) is 4. The predicted octanol–water partition coefficient (Wildman–Crippen LogP) is 4.31. The van der Waals surface area contributed by atoms with Crippen molar-refractivity contribution in [1.29, 1.82) is 0 Å². The summed E-state index contributed by atoms with van der Waals surface area (Å²) < 4.78 is 0. The topological polar surface area (TPSA) is 84.3 Å². The smallest absolute Gasteiger partial charge is 0.336 e. The molecule has 0 spiro atoms. The van der Waals surface area contributed by atoms with Crippen molar-refractivity contribution in [3.63, 3.8) is 0 Å². The molecule has 0 atom stereocenters. The molecule has 5 heteroatoms. The van der Waals surface area contributed by atoms with Gasteiger partial charge in [-0.05, 0) is 48.2 Å². The van der Waals surface area contributed by atoms with Crippen LogP contribution in [0.3, 0.4) is 0 Å². The van der Waals surface area contributed by atoms with E-state index in [0.717, 1.165) is 16.8 Å². The molecule has 0 radical (unpaired) electrons. The van der Waals surface area contributed by atoms with Gasteiger partial charge < -0.3 is 5.11 Å². The van der Waals surface area contributed by atoms with Crippen molar-refractivity contribution in [2.45, 2.75) is 26.7 Å². The van der Waals surface area contributed by atoms with Gasteiger partial charge >= 0.3 is 5.97 Å². The second kappa shape index (κ2) is 8.61. The molecule has 1 N–H and O–H groups in total. The number of carboxylic acid groups (broad SMARTS) is 1. The maximum absolute atomic E-state index is 12.7. The molecule has 0 aliphatic heterocycles. The minimum atomic E-state index is -1.08. The number of rotatable bonds is 7. The van der Waals surface area contributed by atoms with Gasteiger partial charge in [0.2, 0.25) is 0 Å². The van der Waals surface area contributed by atoms with Crippen LogP contribution in [-0.2, 0) is 17.6 Å². The van der Waals surface area contributed by atoms with Gasteiger partial charge in [0.25, 0.3) is 0 Å². The van der Waals surface area contributed by atoms with E-state index in [9.17, 15) is 19.5 Å². The van der Waals surface area contributed by atoms with Gasteiger partial charge in [-0.25, -0.2) is 4.79 Å². The normalized spacial score (nSPS) is 10.6. The number of pyridine rings is 1. The summed E-state index contributed by atoms with van der Waals surface area (Å²) >= 11 is 0. The van der Waals surface area contributed by atoms with Gasteiger partial charge in [0, 0.05) is 30.3 Å². The number of nitrogens with zero attached hydrogens (tertiary/aromatic N) is 1. The van der Waals surface area contributed by atoms with Gasteiger partial charge in [0.05, 0.1) is 5.56 Å². The molecule has 5 nitrogen and oxygen atoms in total. The molecule has 0 fully saturated rings. The molecular weight excluding hydrogens is 366 g/mol. The Hall–Kier alpha value is -3.60. The highest BCUT2D eigenvalue weighted by Gasteiger charge is 2.19. The first kappa shape index (κ1) is 20.1.